The molecule has 0 unspecified atom stereocenters. The maximum Gasteiger partial charge on any atom is 0.323 e. The van der Waals surface area contributed by atoms with E-state index in [4.69, 9.17) is 9.47 Å². The van der Waals surface area contributed by atoms with Crippen LogP contribution in [0.15, 0.2) is 0 Å². The summed E-state index contributed by atoms with van der Waals surface area (Å²) in [7, 11) is 1.76. The third-order valence-corrected chi connectivity index (χ3v) is 2.69. The molecule has 0 amide bonds. The molecule has 0 aliphatic heterocycles. The van der Waals surface area contributed by atoms with Crippen LogP contribution in [0.2, 0.25) is 0 Å². The van der Waals surface area contributed by atoms with E-state index < -0.39 is 0 Å². The first-order valence-corrected chi connectivity index (χ1v) is 6.70. The van der Waals surface area contributed by atoms with E-state index in [-0.39, 0.29) is 0 Å². The first kappa shape index (κ1) is 13.8. The Morgan fingerprint density at radius 1 is 1.21 bits per heavy atom. The molecule has 2 rings (SSSR count). The fraction of sp³-hybridized carbons (Fsp3) is 0.750. The molecule has 1 aromatic rings. The summed E-state index contributed by atoms with van der Waals surface area (Å²) in [6.07, 6.45) is 2.62. The first-order valence-electron chi connectivity index (χ1n) is 6.70. The maximum atomic E-state index is 5.53. The molecule has 1 saturated carbocycles. The molecule has 1 aliphatic rings. The van der Waals surface area contributed by atoms with E-state index in [1.807, 2.05) is 6.92 Å². The molecule has 1 fully saturated rings. The number of hydrogen-bond donors (Lipinski definition) is 2. The Kier molecular flexibility index (Phi) is 5.14. The standard InChI is InChI=1S/C12H21N5O2/c1-3-19-12-16-10(13-2)15-11(17-12)14-6-7-18-8-9-4-5-9/h9H,3-8H2,1-2H3,(H2,13,14,15,16,17). The van der Waals surface area contributed by atoms with Crippen molar-refractivity contribution in [2.45, 2.75) is 19.8 Å². The van der Waals surface area contributed by atoms with Crippen LogP contribution in [0.4, 0.5) is 11.9 Å². The Balaban J connectivity index is 1.78. The minimum absolute atomic E-state index is 0.322. The van der Waals surface area contributed by atoms with Crippen molar-refractivity contribution in [3.05, 3.63) is 0 Å². The number of nitrogens with zero attached hydrogens (tertiary/aromatic N) is 3. The topological polar surface area (TPSA) is 81.2 Å². The van der Waals surface area contributed by atoms with Gasteiger partial charge in [0.05, 0.1) is 13.2 Å². The molecular formula is C12H21N5O2. The van der Waals surface area contributed by atoms with E-state index in [1.165, 1.54) is 12.8 Å². The molecule has 0 atom stereocenters. The van der Waals surface area contributed by atoms with E-state index >= 15 is 0 Å². The summed E-state index contributed by atoms with van der Waals surface area (Å²) >= 11 is 0. The summed E-state index contributed by atoms with van der Waals surface area (Å²) in [6, 6.07) is 0.322. The van der Waals surface area contributed by atoms with Gasteiger partial charge in [0.2, 0.25) is 11.9 Å². The number of ether oxygens (including phenoxy) is 2. The number of hydrogen-bond acceptors (Lipinski definition) is 7. The van der Waals surface area contributed by atoms with Crippen LogP contribution in [-0.4, -0.2) is 48.4 Å². The molecular weight excluding hydrogens is 246 g/mol. The van der Waals surface area contributed by atoms with Gasteiger partial charge in [0, 0.05) is 20.2 Å². The summed E-state index contributed by atoms with van der Waals surface area (Å²) in [5.41, 5.74) is 0. The highest BCUT2D eigenvalue weighted by atomic mass is 16.5. The normalized spacial score (nSPS) is 14.2. The van der Waals surface area contributed by atoms with Gasteiger partial charge in [-0.15, -0.1) is 0 Å². The van der Waals surface area contributed by atoms with E-state index in [0.29, 0.717) is 37.7 Å². The lowest BCUT2D eigenvalue weighted by Crippen LogP contribution is -2.14. The van der Waals surface area contributed by atoms with Crippen molar-refractivity contribution >= 4 is 11.9 Å². The molecule has 106 valence electrons. The highest BCUT2D eigenvalue weighted by Crippen LogP contribution is 2.28. The van der Waals surface area contributed by atoms with E-state index in [1.54, 1.807) is 7.05 Å². The van der Waals surface area contributed by atoms with Crippen LogP contribution in [0.3, 0.4) is 0 Å². The molecule has 1 heterocycles. The lowest BCUT2D eigenvalue weighted by molar-refractivity contribution is 0.133. The van der Waals surface area contributed by atoms with Gasteiger partial charge in [0.1, 0.15) is 0 Å². The minimum Gasteiger partial charge on any atom is -0.464 e. The van der Waals surface area contributed by atoms with E-state index in [0.717, 1.165) is 12.5 Å². The smallest absolute Gasteiger partial charge is 0.323 e. The Morgan fingerprint density at radius 2 is 2.00 bits per heavy atom. The number of rotatable bonds is 9. The fourth-order valence-electron chi connectivity index (χ4n) is 1.51. The van der Waals surface area contributed by atoms with Crippen molar-refractivity contribution in [2.75, 3.05) is 44.0 Å². The Bertz CT molecular complexity index is 398. The molecule has 1 aromatic heterocycles. The number of anilines is 2. The van der Waals surface area contributed by atoms with Crippen molar-refractivity contribution in [1.82, 2.24) is 15.0 Å². The fourth-order valence-corrected chi connectivity index (χ4v) is 1.51. The van der Waals surface area contributed by atoms with Crippen LogP contribution in [0, 0.1) is 5.92 Å². The van der Waals surface area contributed by atoms with Gasteiger partial charge in [-0.25, -0.2) is 0 Å². The van der Waals surface area contributed by atoms with E-state index in [2.05, 4.69) is 25.6 Å². The van der Waals surface area contributed by atoms with Crippen molar-refractivity contribution in [3.63, 3.8) is 0 Å². The minimum atomic E-state index is 0.322. The average Bonchev–Trinajstić information content (AvgIpc) is 3.22. The summed E-state index contributed by atoms with van der Waals surface area (Å²) in [6.45, 7) is 4.61. The van der Waals surface area contributed by atoms with Crippen molar-refractivity contribution in [2.24, 2.45) is 5.92 Å². The molecule has 19 heavy (non-hydrogen) atoms. The third kappa shape index (κ3) is 4.86. The lowest BCUT2D eigenvalue weighted by Gasteiger charge is -2.08. The van der Waals surface area contributed by atoms with Crippen molar-refractivity contribution < 1.29 is 9.47 Å². The third-order valence-electron chi connectivity index (χ3n) is 2.69. The molecule has 1 aliphatic carbocycles. The number of aromatic nitrogens is 3. The molecule has 0 radical (unpaired) electrons. The second-order valence-corrected chi connectivity index (χ2v) is 4.39. The summed E-state index contributed by atoms with van der Waals surface area (Å²) in [4.78, 5) is 12.5. The molecule has 0 bridgehead atoms. The lowest BCUT2D eigenvalue weighted by atomic mass is 10.5. The second-order valence-electron chi connectivity index (χ2n) is 4.39. The zero-order chi connectivity index (χ0) is 13.5. The van der Waals surface area contributed by atoms with Gasteiger partial charge in [-0.2, -0.15) is 15.0 Å². The highest BCUT2D eigenvalue weighted by Gasteiger charge is 2.20. The predicted octanol–water partition coefficient (Wildman–Crippen LogP) is 1.15. The molecule has 7 nitrogen and oxygen atoms in total. The van der Waals surface area contributed by atoms with Crippen molar-refractivity contribution in [3.8, 4) is 6.01 Å². The second kappa shape index (κ2) is 7.08. The van der Waals surface area contributed by atoms with Crippen LogP contribution in [0.5, 0.6) is 6.01 Å². The first-order chi connectivity index (χ1) is 9.31. The van der Waals surface area contributed by atoms with Gasteiger partial charge in [-0.3, -0.25) is 0 Å². The molecule has 0 aromatic carbocycles. The Labute approximate surface area is 113 Å². The van der Waals surface area contributed by atoms with Gasteiger partial charge >= 0.3 is 6.01 Å². The van der Waals surface area contributed by atoms with Gasteiger partial charge in [-0.1, -0.05) is 0 Å². The largest absolute Gasteiger partial charge is 0.464 e. The molecule has 7 heteroatoms. The number of nitrogens with one attached hydrogen (secondary N) is 2. The molecule has 0 spiro atoms. The summed E-state index contributed by atoms with van der Waals surface area (Å²) in [5, 5.41) is 5.98. The Morgan fingerprint density at radius 3 is 2.68 bits per heavy atom. The van der Waals surface area contributed by atoms with E-state index in [9.17, 15) is 0 Å². The maximum absolute atomic E-state index is 5.53. The van der Waals surface area contributed by atoms with Gasteiger partial charge in [-0.05, 0) is 25.7 Å². The molecule has 2 N–H and O–H groups in total. The highest BCUT2D eigenvalue weighted by molar-refractivity contribution is 5.35. The zero-order valence-electron chi connectivity index (χ0n) is 11.5. The molecule has 0 saturated heterocycles. The van der Waals surface area contributed by atoms with Gasteiger partial charge < -0.3 is 20.1 Å². The van der Waals surface area contributed by atoms with Crippen LogP contribution in [0.25, 0.3) is 0 Å². The van der Waals surface area contributed by atoms with Crippen LogP contribution >= 0.6 is 0 Å². The summed E-state index contributed by atoms with van der Waals surface area (Å²) in [5.74, 6) is 1.77. The predicted molar refractivity (Wildman–Crippen MR) is 72.6 cm³/mol. The van der Waals surface area contributed by atoms with Gasteiger partial charge in [0.25, 0.3) is 0 Å². The average molecular weight is 267 g/mol. The van der Waals surface area contributed by atoms with Crippen LogP contribution in [0.1, 0.15) is 19.8 Å². The van der Waals surface area contributed by atoms with Crippen LogP contribution in [-0.2, 0) is 4.74 Å². The quantitative estimate of drug-likeness (QED) is 0.649. The van der Waals surface area contributed by atoms with Gasteiger partial charge in [0.15, 0.2) is 0 Å². The van der Waals surface area contributed by atoms with Crippen LogP contribution < -0.4 is 15.4 Å². The zero-order valence-corrected chi connectivity index (χ0v) is 11.5. The monoisotopic (exact) mass is 267 g/mol. The summed E-state index contributed by atoms with van der Waals surface area (Å²) < 4.78 is 10.8. The SMILES string of the molecule is CCOc1nc(NC)nc(NCCOCC2CC2)n1. The Hall–Kier alpha value is -1.63. The van der Waals surface area contributed by atoms with Crippen molar-refractivity contribution in [1.29, 1.82) is 0 Å².